The standard InChI is InChI=1S/C25H26N2O2S2/c1-19(16-20-10-5-3-6-11-20)17-22-24(29)27(25(30)31-22)15-9-14-23(28)26(2)18-21-12-7-4-8-13-21/h3-8,10-13,16-17H,9,14-15,18H2,1-2H3. The van der Waals surface area contributed by atoms with Crippen molar-refractivity contribution in [2.75, 3.05) is 13.6 Å². The van der Waals surface area contributed by atoms with Gasteiger partial charge in [0.05, 0.1) is 4.91 Å². The van der Waals surface area contributed by atoms with Crippen LogP contribution in [0.5, 0.6) is 0 Å². The molecule has 1 fully saturated rings. The van der Waals surface area contributed by atoms with Crippen molar-refractivity contribution in [3.63, 3.8) is 0 Å². The van der Waals surface area contributed by atoms with E-state index in [1.807, 2.05) is 79.7 Å². The van der Waals surface area contributed by atoms with Gasteiger partial charge >= 0.3 is 0 Å². The van der Waals surface area contributed by atoms with Crippen LogP contribution in [0.3, 0.4) is 0 Å². The number of carbonyl (C=O) groups excluding carboxylic acids is 2. The van der Waals surface area contributed by atoms with Gasteiger partial charge in [-0.3, -0.25) is 14.5 Å². The summed E-state index contributed by atoms with van der Waals surface area (Å²) in [5.41, 5.74) is 3.17. The molecule has 1 aliphatic rings. The van der Waals surface area contributed by atoms with Crippen LogP contribution in [0.1, 0.15) is 30.9 Å². The van der Waals surface area contributed by atoms with Crippen molar-refractivity contribution in [3.05, 3.63) is 88.3 Å². The second-order valence-corrected chi connectivity index (χ2v) is 9.15. The first-order valence-corrected chi connectivity index (χ1v) is 11.4. The summed E-state index contributed by atoms with van der Waals surface area (Å²) in [4.78, 5) is 29.2. The molecular formula is C25H26N2O2S2. The van der Waals surface area contributed by atoms with E-state index in [-0.39, 0.29) is 11.8 Å². The number of nitrogens with zero attached hydrogens (tertiary/aromatic N) is 2. The van der Waals surface area contributed by atoms with Crippen molar-refractivity contribution in [3.8, 4) is 0 Å². The Morgan fingerprint density at radius 3 is 2.42 bits per heavy atom. The van der Waals surface area contributed by atoms with Gasteiger partial charge in [-0.2, -0.15) is 0 Å². The lowest BCUT2D eigenvalue weighted by Gasteiger charge is -2.19. The molecule has 160 valence electrons. The first-order chi connectivity index (χ1) is 14.9. The summed E-state index contributed by atoms with van der Waals surface area (Å²) in [6, 6.07) is 19.9. The number of hydrogen-bond donors (Lipinski definition) is 0. The van der Waals surface area contributed by atoms with E-state index in [0.717, 1.165) is 16.7 Å². The first-order valence-electron chi connectivity index (χ1n) is 10.2. The molecule has 1 heterocycles. The largest absolute Gasteiger partial charge is 0.341 e. The average molecular weight is 451 g/mol. The van der Waals surface area contributed by atoms with E-state index in [0.29, 0.717) is 35.2 Å². The predicted molar refractivity (Wildman–Crippen MR) is 132 cm³/mol. The molecule has 1 saturated heterocycles. The van der Waals surface area contributed by atoms with Crippen LogP contribution in [0.15, 0.2) is 77.2 Å². The maximum atomic E-state index is 12.8. The van der Waals surface area contributed by atoms with Crippen molar-refractivity contribution < 1.29 is 9.59 Å². The highest BCUT2D eigenvalue weighted by atomic mass is 32.2. The van der Waals surface area contributed by atoms with Gasteiger partial charge in [-0.15, -0.1) is 0 Å². The lowest BCUT2D eigenvalue weighted by molar-refractivity contribution is -0.131. The van der Waals surface area contributed by atoms with Crippen LogP contribution in [-0.4, -0.2) is 39.5 Å². The van der Waals surface area contributed by atoms with Gasteiger partial charge in [0, 0.05) is 26.6 Å². The number of carbonyl (C=O) groups is 2. The highest BCUT2D eigenvalue weighted by molar-refractivity contribution is 8.26. The Morgan fingerprint density at radius 2 is 1.74 bits per heavy atom. The fourth-order valence-corrected chi connectivity index (χ4v) is 4.64. The zero-order valence-electron chi connectivity index (χ0n) is 17.8. The van der Waals surface area contributed by atoms with Gasteiger partial charge in [-0.25, -0.2) is 0 Å². The van der Waals surface area contributed by atoms with E-state index in [4.69, 9.17) is 12.2 Å². The third kappa shape index (κ3) is 6.64. The summed E-state index contributed by atoms with van der Waals surface area (Å²) in [6.45, 7) is 3.01. The molecule has 0 N–H and O–H groups in total. The molecule has 1 aliphatic heterocycles. The Morgan fingerprint density at radius 1 is 1.10 bits per heavy atom. The molecule has 2 amide bonds. The van der Waals surface area contributed by atoms with Crippen LogP contribution in [0, 0.1) is 0 Å². The molecule has 0 radical (unpaired) electrons. The SMILES string of the molecule is CC(=Cc1ccccc1)C=C1SC(=S)N(CCCC(=O)N(C)Cc2ccccc2)C1=O. The lowest BCUT2D eigenvalue weighted by atomic mass is 10.1. The molecule has 0 aromatic heterocycles. The van der Waals surface area contributed by atoms with Crippen LogP contribution in [0.25, 0.3) is 6.08 Å². The zero-order chi connectivity index (χ0) is 22.2. The summed E-state index contributed by atoms with van der Waals surface area (Å²) in [5.74, 6) is -0.0209. The normalized spacial score (nSPS) is 15.6. The van der Waals surface area contributed by atoms with Crippen molar-refractivity contribution in [2.45, 2.75) is 26.3 Å². The number of thiocarbonyl (C=S) groups is 1. The predicted octanol–water partition coefficient (Wildman–Crippen LogP) is 5.27. The van der Waals surface area contributed by atoms with E-state index in [2.05, 4.69) is 0 Å². The van der Waals surface area contributed by atoms with Crippen molar-refractivity contribution in [2.24, 2.45) is 0 Å². The van der Waals surface area contributed by atoms with Gasteiger partial charge in [-0.05, 0) is 36.1 Å². The van der Waals surface area contributed by atoms with Crippen LogP contribution in [0.2, 0.25) is 0 Å². The molecule has 0 atom stereocenters. The monoisotopic (exact) mass is 450 g/mol. The Bertz CT molecular complexity index is 1000. The molecule has 6 heteroatoms. The molecule has 4 nitrogen and oxygen atoms in total. The molecule has 3 rings (SSSR count). The van der Waals surface area contributed by atoms with Gasteiger partial charge in [0.2, 0.25) is 5.91 Å². The third-order valence-corrected chi connectivity index (χ3v) is 6.26. The Kier molecular flexibility index (Phi) is 8.20. The number of thioether (sulfide) groups is 1. The van der Waals surface area contributed by atoms with E-state index in [1.165, 1.54) is 11.8 Å². The van der Waals surface area contributed by atoms with Gasteiger partial charge in [0.1, 0.15) is 4.32 Å². The molecule has 0 spiro atoms. The Labute approximate surface area is 193 Å². The summed E-state index contributed by atoms with van der Waals surface area (Å²) in [6.07, 6.45) is 4.88. The molecule has 2 aromatic carbocycles. The second-order valence-electron chi connectivity index (χ2n) is 7.47. The first kappa shape index (κ1) is 23.0. The number of benzene rings is 2. The summed E-state index contributed by atoms with van der Waals surface area (Å²) < 4.78 is 0.550. The Balaban J connectivity index is 1.52. The molecular weight excluding hydrogens is 424 g/mol. The highest BCUT2D eigenvalue weighted by Crippen LogP contribution is 2.32. The molecule has 0 bridgehead atoms. The minimum absolute atomic E-state index is 0.0616. The fourth-order valence-electron chi connectivity index (χ4n) is 3.28. The van der Waals surface area contributed by atoms with Gasteiger partial charge in [0.25, 0.3) is 5.91 Å². The van der Waals surface area contributed by atoms with Gasteiger partial charge < -0.3 is 4.90 Å². The fraction of sp³-hybridized carbons (Fsp3) is 0.240. The quantitative estimate of drug-likeness (QED) is 0.406. The molecule has 31 heavy (non-hydrogen) atoms. The smallest absolute Gasteiger partial charge is 0.266 e. The van der Waals surface area contributed by atoms with Crippen LogP contribution >= 0.6 is 24.0 Å². The van der Waals surface area contributed by atoms with Crippen molar-refractivity contribution >= 4 is 46.2 Å². The van der Waals surface area contributed by atoms with Gasteiger partial charge in [0.15, 0.2) is 0 Å². The van der Waals surface area contributed by atoms with Crippen molar-refractivity contribution in [1.29, 1.82) is 0 Å². The van der Waals surface area contributed by atoms with Crippen LogP contribution in [0.4, 0.5) is 0 Å². The maximum Gasteiger partial charge on any atom is 0.266 e. The molecule has 0 unspecified atom stereocenters. The van der Waals surface area contributed by atoms with Gasteiger partial charge in [-0.1, -0.05) is 90.7 Å². The molecule has 0 saturated carbocycles. The van der Waals surface area contributed by atoms with E-state index < -0.39 is 0 Å². The van der Waals surface area contributed by atoms with E-state index in [1.54, 1.807) is 16.8 Å². The molecule has 2 aromatic rings. The third-order valence-electron chi connectivity index (χ3n) is 4.89. The number of amides is 2. The summed E-state index contributed by atoms with van der Waals surface area (Å²) in [5, 5.41) is 0. The van der Waals surface area contributed by atoms with Crippen molar-refractivity contribution in [1.82, 2.24) is 9.80 Å². The average Bonchev–Trinajstić information content (AvgIpc) is 3.02. The van der Waals surface area contributed by atoms with Crippen LogP contribution < -0.4 is 0 Å². The van der Waals surface area contributed by atoms with E-state index >= 15 is 0 Å². The van der Waals surface area contributed by atoms with Crippen LogP contribution in [-0.2, 0) is 16.1 Å². The topological polar surface area (TPSA) is 40.6 Å². The lowest BCUT2D eigenvalue weighted by Crippen LogP contribution is -2.31. The molecule has 0 aliphatic carbocycles. The number of hydrogen-bond acceptors (Lipinski definition) is 4. The zero-order valence-corrected chi connectivity index (χ0v) is 19.4. The second kappa shape index (κ2) is 11.1. The number of rotatable bonds is 8. The highest BCUT2D eigenvalue weighted by Gasteiger charge is 2.31. The minimum atomic E-state index is -0.0825. The minimum Gasteiger partial charge on any atom is -0.341 e. The maximum absolute atomic E-state index is 12.8. The summed E-state index contributed by atoms with van der Waals surface area (Å²) in [7, 11) is 1.81. The van der Waals surface area contributed by atoms with E-state index in [9.17, 15) is 9.59 Å². The summed E-state index contributed by atoms with van der Waals surface area (Å²) >= 11 is 6.73. The Hall–Kier alpha value is -2.70. The number of allylic oxidation sites excluding steroid dienone is 2.